The summed E-state index contributed by atoms with van der Waals surface area (Å²) in [6.45, 7) is 5.55. The van der Waals surface area contributed by atoms with E-state index in [4.69, 9.17) is 4.74 Å². The van der Waals surface area contributed by atoms with E-state index in [0.29, 0.717) is 0 Å². The molecule has 0 saturated heterocycles. The third kappa shape index (κ3) is 6.11. The van der Waals surface area contributed by atoms with Crippen molar-refractivity contribution < 1.29 is 19.1 Å². The van der Waals surface area contributed by atoms with Crippen molar-refractivity contribution in [2.75, 3.05) is 27.7 Å². The van der Waals surface area contributed by atoms with Crippen LogP contribution in [0, 0.1) is 0 Å². The van der Waals surface area contributed by atoms with E-state index in [0.717, 1.165) is 0 Å². The third-order valence-corrected chi connectivity index (χ3v) is 2.00. The smallest absolute Gasteiger partial charge is 0.410 e. The summed E-state index contributed by atoms with van der Waals surface area (Å²) in [7, 11) is 4.51. The van der Waals surface area contributed by atoms with Gasteiger partial charge in [0.1, 0.15) is 11.6 Å². The summed E-state index contributed by atoms with van der Waals surface area (Å²) in [5, 5.41) is 2.78. The van der Waals surface area contributed by atoms with E-state index in [1.54, 1.807) is 34.9 Å². The van der Waals surface area contributed by atoms with Crippen LogP contribution in [-0.4, -0.2) is 56.4 Å². The van der Waals surface area contributed by atoms with E-state index in [-0.39, 0.29) is 6.54 Å². The van der Waals surface area contributed by atoms with Gasteiger partial charge in [-0.3, -0.25) is 4.79 Å². The number of amides is 1. The Morgan fingerprint density at radius 2 is 1.88 bits per heavy atom. The number of carbonyl (C=O) groups is 2. The summed E-state index contributed by atoms with van der Waals surface area (Å²) in [6, 6.07) is -0.558. The largest absolute Gasteiger partial charge is 0.468 e. The number of methoxy groups -OCH3 is 1. The lowest BCUT2D eigenvalue weighted by Crippen LogP contribution is -2.46. The van der Waals surface area contributed by atoms with Crippen molar-refractivity contribution in [2.45, 2.75) is 32.4 Å². The normalized spacial score (nSPS) is 12.8. The highest BCUT2D eigenvalue weighted by atomic mass is 16.6. The van der Waals surface area contributed by atoms with Crippen LogP contribution < -0.4 is 5.32 Å². The van der Waals surface area contributed by atoms with Gasteiger partial charge in [-0.2, -0.15) is 0 Å². The zero-order valence-corrected chi connectivity index (χ0v) is 11.4. The average molecular weight is 246 g/mol. The molecule has 0 aliphatic rings. The molecule has 0 heterocycles. The Morgan fingerprint density at radius 3 is 2.24 bits per heavy atom. The first-order valence-electron chi connectivity index (χ1n) is 5.40. The van der Waals surface area contributed by atoms with Gasteiger partial charge in [0.25, 0.3) is 0 Å². The van der Waals surface area contributed by atoms with Crippen LogP contribution in [0.5, 0.6) is 0 Å². The van der Waals surface area contributed by atoms with Crippen molar-refractivity contribution in [1.82, 2.24) is 10.2 Å². The van der Waals surface area contributed by atoms with Gasteiger partial charge in [0.05, 0.1) is 7.11 Å². The molecule has 0 aromatic carbocycles. The number of hydrogen-bond acceptors (Lipinski definition) is 5. The van der Waals surface area contributed by atoms with Crippen molar-refractivity contribution in [3.05, 3.63) is 0 Å². The second-order valence-electron chi connectivity index (χ2n) is 4.73. The van der Waals surface area contributed by atoms with Crippen molar-refractivity contribution in [3.8, 4) is 0 Å². The Kier molecular flexibility index (Phi) is 5.95. The van der Waals surface area contributed by atoms with Crippen molar-refractivity contribution in [3.63, 3.8) is 0 Å². The molecule has 0 aliphatic heterocycles. The van der Waals surface area contributed by atoms with Crippen molar-refractivity contribution in [2.24, 2.45) is 0 Å². The summed E-state index contributed by atoms with van der Waals surface area (Å²) < 4.78 is 9.77. The standard InChI is InChI=1S/C11H22N2O4/c1-11(2,3)17-10(15)13(5)7-8(12-4)9(14)16-6/h8,12H,7H2,1-6H3/t8-/m0/s1. The topological polar surface area (TPSA) is 67.9 Å². The number of rotatable bonds is 4. The van der Waals surface area contributed by atoms with Gasteiger partial charge in [-0.1, -0.05) is 0 Å². The second-order valence-corrected chi connectivity index (χ2v) is 4.73. The maximum atomic E-state index is 11.6. The lowest BCUT2D eigenvalue weighted by atomic mass is 10.2. The molecule has 1 N–H and O–H groups in total. The van der Waals surface area contributed by atoms with Gasteiger partial charge in [0.15, 0.2) is 0 Å². The van der Waals surface area contributed by atoms with E-state index in [2.05, 4.69) is 10.1 Å². The van der Waals surface area contributed by atoms with Gasteiger partial charge >= 0.3 is 12.1 Å². The van der Waals surface area contributed by atoms with Crippen LogP contribution >= 0.6 is 0 Å². The molecule has 6 heteroatoms. The summed E-state index contributed by atoms with van der Waals surface area (Å²) in [5.41, 5.74) is -0.550. The predicted octanol–water partition coefficient (Wildman–Crippen LogP) is 0.614. The van der Waals surface area contributed by atoms with Gasteiger partial charge in [-0.05, 0) is 27.8 Å². The van der Waals surface area contributed by atoms with Crippen LogP contribution in [0.15, 0.2) is 0 Å². The second kappa shape index (κ2) is 6.44. The van der Waals surface area contributed by atoms with Crippen LogP contribution in [-0.2, 0) is 14.3 Å². The molecule has 0 aliphatic carbocycles. The van der Waals surface area contributed by atoms with Crippen LogP contribution in [0.25, 0.3) is 0 Å². The summed E-state index contributed by atoms with van der Waals surface area (Å²) in [4.78, 5) is 24.3. The molecule has 0 fully saturated rings. The minimum atomic E-state index is -0.558. The van der Waals surface area contributed by atoms with E-state index in [9.17, 15) is 9.59 Å². The number of carbonyl (C=O) groups excluding carboxylic acids is 2. The van der Waals surface area contributed by atoms with Crippen LogP contribution in [0.1, 0.15) is 20.8 Å². The highest BCUT2D eigenvalue weighted by Gasteiger charge is 2.24. The lowest BCUT2D eigenvalue weighted by molar-refractivity contribution is -0.143. The van der Waals surface area contributed by atoms with E-state index in [1.165, 1.54) is 12.0 Å². The van der Waals surface area contributed by atoms with Gasteiger partial charge in [0.2, 0.25) is 0 Å². The van der Waals surface area contributed by atoms with E-state index in [1.807, 2.05) is 0 Å². The average Bonchev–Trinajstić information content (AvgIpc) is 2.21. The number of ether oxygens (including phenoxy) is 2. The predicted molar refractivity (Wildman–Crippen MR) is 63.7 cm³/mol. The molecule has 17 heavy (non-hydrogen) atoms. The number of nitrogens with one attached hydrogen (secondary N) is 1. The zero-order valence-electron chi connectivity index (χ0n) is 11.4. The van der Waals surface area contributed by atoms with Gasteiger partial charge in [-0.25, -0.2) is 4.79 Å². The van der Waals surface area contributed by atoms with Gasteiger partial charge in [0, 0.05) is 13.6 Å². The molecule has 0 aromatic rings. The molecule has 0 spiro atoms. The van der Waals surface area contributed by atoms with Crippen molar-refractivity contribution in [1.29, 1.82) is 0 Å². The molecule has 0 radical (unpaired) electrons. The molecule has 0 saturated carbocycles. The maximum absolute atomic E-state index is 11.6. The molecule has 0 unspecified atom stereocenters. The molecular weight excluding hydrogens is 224 g/mol. The third-order valence-electron chi connectivity index (χ3n) is 2.00. The maximum Gasteiger partial charge on any atom is 0.410 e. The monoisotopic (exact) mass is 246 g/mol. The fourth-order valence-electron chi connectivity index (χ4n) is 1.11. The molecule has 0 rings (SSSR count). The lowest BCUT2D eigenvalue weighted by Gasteiger charge is -2.26. The first-order chi connectivity index (χ1) is 7.71. The van der Waals surface area contributed by atoms with E-state index >= 15 is 0 Å². The Hall–Kier alpha value is -1.30. The number of esters is 1. The Morgan fingerprint density at radius 1 is 1.35 bits per heavy atom. The van der Waals surface area contributed by atoms with E-state index < -0.39 is 23.7 Å². The molecule has 0 bridgehead atoms. The number of likely N-dealkylation sites (N-methyl/N-ethyl adjacent to an activating group) is 2. The Labute approximate surface area is 102 Å². The van der Waals surface area contributed by atoms with Crippen molar-refractivity contribution >= 4 is 12.1 Å². The summed E-state index contributed by atoms with van der Waals surface area (Å²) in [6.07, 6.45) is -0.471. The number of nitrogens with zero attached hydrogens (tertiary/aromatic N) is 1. The first-order valence-corrected chi connectivity index (χ1v) is 5.40. The first kappa shape index (κ1) is 15.7. The fraction of sp³-hybridized carbons (Fsp3) is 0.818. The van der Waals surface area contributed by atoms with Crippen LogP contribution in [0.3, 0.4) is 0 Å². The molecule has 6 nitrogen and oxygen atoms in total. The highest BCUT2D eigenvalue weighted by molar-refractivity contribution is 5.77. The van der Waals surface area contributed by atoms with Crippen LogP contribution in [0.4, 0.5) is 4.79 Å². The molecule has 100 valence electrons. The summed E-state index contributed by atoms with van der Waals surface area (Å²) >= 11 is 0. The van der Waals surface area contributed by atoms with Gasteiger partial charge < -0.3 is 19.7 Å². The minimum Gasteiger partial charge on any atom is -0.468 e. The Bertz CT molecular complexity index is 273. The van der Waals surface area contributed by atoms with Crippen LogP contribution in [0.2, 0.25) is 0 Å². The quantitative estimate of drug-likeness (QED) is 0.736. The Balaban J connectivity index is 4.36. The van der Waals surface area contributed by atoms with Gasteiger partial charge in [-0.15, -0.1) is 0 Å². The molecule has 1 amide bonds. The molecule has 1 atom stereocenters. The molecule has 0 aromatic heterocycles. The minimum absolute atomic E-state index is 0.193. The molecular formula is C11H22N2O4. The number of hydrogen-bond donors (Lipinski definition) is 1. The fourth-order valence-corrected chi connectivity index (χ4v) is 1.11. The highest BCUT2D eigenvalue weighted by Crippen LogP contribution is 2.09. The zero-order chi connectivity index (χ0) is 13.6. The summed E-state index contributed by atoms with van der Waals surface area (Å²) in [5.74, 6) is -0.414. The SMILES string of the molecule is CN[C@@H](CN(C)C(=O)OC(C)(C)C)C(=O)OC.